The van der Waals surface area contributed by atoms with E-state index < -0.39 is 11.7 Å². The van der Waals surface area contributed by atoms with E-state index >= 15 is 0 Å². The van der Waals surface area contributed by atoms with Gasteiger partial charge in [0, 0.05) is 21.4 Å². The second-order valence-corrected chi connectivity index (χ2v) is 7.08. The number of ether oxygens (including phenoxy) is 1. The Hall–Kier alpha value is -2.34. The third kappa shape index (κ3) is 5.70. The number of anilines is 2. The standard InChI is InChI=1S/C18H19BrN2O3/c1-18(2,3)24-17(23)21-15-8-4-12(5-9-15)16(22)20-14-10-6-13(19)7-11-14/h4-11H,1-3H3,(H,20,22)(H,21,23). The minimum atomic E-state index is -0.561. The summed E-state index contributed by atoms with van der Waals surface area (Å²) in [5.74, 6) is -0.221. The molecule has 126 valence electrons. The van der Waals surface area contributed by atoms with Crippen LogP contribution in [0.2, 0.25) is 0 Å². The summed E-state index contributed by atoms with van der Waals surface area (Å²) in [4.78, 5) is 23.9. The van der Waals surface area contributed by atoms with Crippen LogP contribution in [0.5, 0.6) is 0 Å². The van der Waals surface area contributed by atoms with Gasteiger partial charge in [0.2, 0.25) is 0 Å². The molecule has 24 heavy (non-hydrogen) atoms. The Morgan fingerprint density at radius 2 is 1.38 bits per heavy atom. The summed E-state index contributed by atoms with van der Waals surface area (Å²) in [5, 5.41) is 5.43. The lowest BCUT2D eigenvalue weighted by Crippen LogP contribution is -2.27. The number of rotatable bonds is 3. The van der Waals surface area contributed by atoms with Gasteiger partial charge in [-0.15, -0.1) is 0 Å². The van der Waals surface area contributed by atoms with Crippen LogP contribution in [-0.2, 0) is 4.74 Å². The van der Waals surface area contributed by atoms with Gasteiger partial charge in [-0.1, -0.05) is 15.9 Å². The van der Waals surface area contributed by atoms with E-state index in [2.05, 4.69) is 26.6 Å². The maximum Gasteiger partial charge on any atom is 0.412 e. The zero-order chi connectivity index (χ0) is 17.7. The van der Waals surface area contributed by atoms with Gasteiger partial charge in [0.25, 0.3) is 5.91 Å². The van der Waals surface area contributed by atoms with Crippen molar-refractivity contribution in [1.82, 2.24) is 0 Å². The Labute approximate surface area is 149 Å². The summed E-state index contributed by atoms with van der Waals surface area (Å²) >= 11 is 3.34. The topological polar surface area (TPSA) is 67.4 Å². The van der Waals surface area contributed by atoms with Crippen LogP contribution in [0.3, 0.4) is 0 Å². The molecule has 0 spiro atoms. The molecule has 2 aromatic carbocycles. The van der Waals surface area contributed by atoms with Gasteiger partial charge in [0.15, 0.2) is 0 Å². The van der Waals surface area contributed by atoms with Gasteiger partial charge in [-0.3, -0.25) is 10.1 Å². The fraction of sp³-hybridized carbons (Fsp3) is 0.222. The summed E-state index contributed by atoms with van der Waals surface area (Å²) in [5.41, 5.74) is 1.20. The van der Waals surface area contributed by atoms with E-state index in [1.807, 2.05) is 12.1 Å². The third-order valence-electron chi connectivity index (χ3n) is 2.89. The summed E-state index contributed by atoms with van der Waals surface area (Å²) in [6.45, 7) is 5.38. The van der Waals surface area contributed by atoms with Crippen LogP contribution in [0.25, 0.3) is 0 Å². The van der Waals surface area contributed by atoms with Crippen molar-refractivity contribution >= 4 is 39.3 Å². The van der Waals surface area contributed by atoms with Crippen molar-refractivity contribution < 1.29 is 14.3 Å². The first-order chi connectivity index (χ1) is 11.2. The first-order valence-electron chi connectivity index (χ1n) is 7.40. The minimum absolute atomic E-state index is 0.221. The minimum Gasteiger partial charge on any atom is -0.444 e. The molecule has 0 atom stereocenters. The van der Waals surface area contributed by atoms with E-state index in [0.717, 1.165) is 4.47 Å². The third-order valence-corrected chi connectivity index (χ3v) is 3.42. The van der Waals surface area contributed by atoms with Crippen molar-refractivity contribution in [2.75, 3.05) is 10.6 Å². The molecular formula is C18H19BrN2O3. The predicted molar refractivity (Wildman–Crippen MR) is 98.4 cm³/mol. The van der Waals surface area contributed by atoms with Gasteiger partial charge in [0.05, 0.1) is 0 Å². The molecule has 0 bridgehead atoms. The van der Waals surface area contributed by atoms with Crippen LogP contribution in [0.1, 0.15) is 31.1 Å². The van der Waals surface area contributed by atoms with Gasteiger partial charge in [-0.25, -0.2) is 4.79 Å². The molecule has 0 aliphatic rings. The molecule has 6 heteroatoms. The molecule has 0 aliphatic carbocycles. The highest BCUT2D eigenvalue weighted by Gasteiger charge is 2.16. The molecule has 0 saturated carbocycles. The Kier molecular flexibility index (Phi) is 5.62. The fourth-order valence-electron chi connectivity index (χ4n) is 1.86. The maximum absolute atomic E-state index is 12.2. The molecule has 0 aromatic heterocycles. The highest BCUT2D eigenvalue weighted by Crippen LogP contribution is 2.16. The SMILES string of the molecule is CC(C)(C)OC(=O)Nc1ccc(C(=O)Nc2ccc(Br)cc2)cc1. The van der Waals surface area contributed by atoms with Crippen molar-refractivity contribution in [3.05, 3.63) is 58.6 Å². The summed E-state index contributed by atoms with van der Waals surface area (Å²) in [7, 11) is 0. The highest BCUT2D eigenvalue weighted by atomic mass is 79.9. The van der Waals surface area contributed by atoms with E-state index in [4.69, 9.17) is 4.74 Å². The molecule has 0 fully saturated rings. The van der Waals surface area contributed by atoms with Crippen molar-refractivity contribution in [2.24, 2.45) is 0 Å². The predicted octanol–water partition coefficient (Wildman–Crippen LogP) is 5.05. The van der Waals surface area contributed by atoms with Gasteiger partial charge >= 0.3 is 6.09 Å². The summed E-state index contributed by atoms with van der Waals surface area (Å²) in [6, 6.07) is 13.9. The summed E-state index contributed by atoms with van der Waals surface area (Å²) < 4.78 is 6.12. The normalized spacial score (nSPS) is 10.8. The quantitative estimate of drug-likeness (QED) is 0.770. The smallest absolute Gasteiger partial charge is 0.412 e. The monoisotopic (exact) mass is 390 g/mol. The number of hydrogen-bond donors (Lipinski definition) is 2. The second kappa shape index (κ2) is 7.49. The van der Waals surface area contributed by atoms with E-state index in [0.29, 0.717) is 16.9 Å². The Morgan fingerprint density at radius 3 is 1.92 bits per heavy atom. The first kappa shape index (κ1) is 18.0. The van der Waals surface area contributed by atoms with Gasteiger partial charge in [-0.05, 0) is 69.3 Å². The van der Waals surface area contributed by atoms with Crippen LogP contribution in [0.4, 0.5) is 16.2 Å². The van der Waals surface area contributed by atoms with Crippen molar-refractivity contribution in [3.8, 4) is 0 Å². The van der Waals surface area contributed by atoms with Gasteiger partial charge in [0.1, 0.15) is 5.60 Å². The Bertz CT molecular complexity index is 719. The molecule has 5 nitrogen and oxygen atoms in total. The number of benzene rings is 2. The molecule has 0 radical (unpaired) electrons. The lowest BCUT2D eigenvalue weighted by atomic mass is 10.2. The van der Waals surface area contributed by atoms with Crippen molar-refractivity contribution in [2.45, 2.75) is 26.4 Å². The largest absolute Gasteiger partial charge is 0.444 e. The average molecular weight is 391 g/mol. The number of carbonyl (C=O) groups is 2. The summed E-state index contributed by atoms with van der Waals surface area (Å²) in [6.07, 6.45) is -0.533. The molecule has 0 unspecified atom stereocenters. The van der Waals surface area contributed by atoms with Crippen LogP contribution in [0, 0.1) is 0 Å². The number of carbonyl (C=O) groups excluding carboxylic acids is 2. The average Bonchev–Trinajstić information content (AvgIpc) is 2.48. The zero-order valence-corrected chi connectivity index (χ0v) is 15.3. The van der Waals surface area contributed by atoms with Crippen molar-refractivity contribution in [3.63, 3.8) is 0 Å². The maximum atomic E-state index is 12.2. The molecule has 2 amide bonds. The molecule has 2 aromatic rings. The van der Waals surface area contributed by atoms with Gasteiger partial charge < -0.3 is 10.1 Å². The van der Waals surface area contributed by atoms with Crippen LogP contribution in [0.15, 0.2) is 53.0 Å². The molecule has 0 aliphatic heterocycles. The molecule has 2 N–H and O–H groups in total. The van der Waals surface area contributed by atoms with Crippen LogP contribution < -0.4 is 10.6 Å². The first-order valence-corrected chi connectivity index (χ1v) is 8.19. The second-order valence-electron chi connectivity index (χ2n) is 6.17. The van der Waals surface area contributed by atoms with E-state index in [-0.39, 0.29) is 5.91 Å². The molecule has 0 saturated heterocycles. The fourth-order valence-corrected chi connectivity index (χ4v) is 2.13. The Morgan fingerprint density at radius 1 is 0.875 bits per heavy atom. The number of nitrogens with one attached hydrogen (secondary N) is 2. The van der Waals surface area contributed by atoms with E-state index in [9.17, 15) is 9.59 Å². The number of amides is 2. The lowest BCUT2D eigenvalue weighted by Gasteiger charge is -2.19. The molecular weight excluding hydrogens is 372 g/mol. The van der Waals surface area contributed by atoms with Crippen LogP contribution >= 0.6 is 15.9 Å². The lowest BCUT2D eigenvalue weighted by molar-refractivity contribution is 0.0636. The van der Waals surface area contributed by atoms with Crippen molar-refractivity contribution in [1.29, 1.82) is 0 Å². The van der Waals surface area contributed by atoms with E-state index in [1.165, 1.54) is 0 Å². The number of hydrogen-bond acceptors (Lipinski definition) is 3. The number of halogens is 1. The Balaban J connectivity index is 1.97. The van der Waals surface area contributed by atoms with Crippen LogP contribution in [-0.4, -0.2) is 17.6 Å². The molecule has 0 heterocycles. The van der Waals surface area contributed by atoms with Gasteiger partial charge in [-0.2, -0.15) is 0 Å². The molecule has 2 rings (SSSR count). The van der Waals surface area contributed by atoms with E-state index in [1.54, 1.807) is 57.2 Å². The highest BCUT2D eigenvalue weighted by molar-refractivity contribution is 9.10. The zero-order valence-electron chi connectivity index (χ0n) is 13.7.